The first-order valence-electron chi connectivity index (χ1n) is 10.5. The highest BCUT2D eigenvalue weighted by molar-refractivity contribution is 14.1. The number of benzene rings is 2. The molecule has 0 aliphatic rings. The molecule has 0 aliphatic heterocycles. The van der Waals surface area contributed by atoms with E-state index in [2.05, 4.69) is 69.0 Å². The monoisotopic (exact) mass is 561 g/mol. The number of nitrogens with zero attached hydrogens (tertiary/aromatic N) is 5. The van der Waals surface area contributed by atoms with Crippen molar-refractivity contribution in [2.45, 2.75) is 20.4 Å². The van der Waals surface area contributed by atoms with Gasteiger partial charge in [0.2, 0.25) is 5.52 Å². The van der Waals surface area contributed by atoms with E-state index in [0.29, 0.717) is 17.5 Å². The summed E-state index contributed by atoms with van der Waals surface area (Å²) in [5.74, 6) is -0.0722. The van der Waals surface area contributed by atoms with E-state index in [0.717, 1.165) is 45.9 Å². The van der Waals surface area contributed by atoms with Crippen LogP contribution in [0.1, 0.15) is 24.4 Å². The van der Waals surface area contributed by atoms with Gasteiger partial charge in [-0.15, -0.1) is 0 Å². The third-order valence-electron chi connectivity index (χ3n) is 5.30. The zero-order chi connectivity index (χ0) is 22.5. The van der Waals surface area contributed by atoms with Crippen LogP contribution in [-0.2, 0) is 6.54 Å². The van der Waals surface area contributed by atoms with E-state index in [4.69, 9.17) is 4.63 Å². The second-order valence-electron chi connectivity index (χ2n) is 7.11. The highest BCUT2D eigenvalue weighted by atomic mass is 127. The van der Waals surface area contributed by atoms with Gasteiger partial charge in [0.05, 0.1) is 12.2 Å². The molecule has 0 fully saturated rings. The number of thiazole rings is 1. The van der Waals surface area contributed by atoms with E-state index in [1.165, 1.54) is 4.70 Å². The van der Waals surface area contributed by atoms with Gasteiger partial charge in [-0.25, -0.2) is 4.63 Å². The van der Waals surface area contributed by atoms with Crippen LogP contribution >= 0.6 is 33.9 Å². The van der Waals surface area contributed by atoms with Crippen molar-refractivity contribution < 1.29 is 14.3 Å². The second-order valence-corrected chi connectivity index (χ2v) is 8.93. The predicted octanol–water partition coefficient (Wildman–Crippen LogP) is 3.94. The fraction of sp³-hybridized carbons (Fsp3) is 0.304. The molecule has 0 radical (unpaired) electrons. The summed E-state index contributed by atoms with van der Waals surface area (Å²) in [5, 5.41) is 21.0. The van der Waals surface area contributed by atoms with Crippen LogP contribution in [0.4, 0.5) is 5.69 Å². The van der Waals surface area contributed by atoms with Crippen LogP contribution in [0.5, 0.6) is 0 Å². The van der Waals surface area contributed by atoms with Crippen molar-refractivity contribution in [1.82, 2.24) is 10.3 Å². The van der Waals surface area contributed by atoms with Gasteiger partial charge in [-0.2, -0.15) is 4.57 Å². The standard InChI is InChI=1S/C23H24IN5O2S/c1-3-28(4-2)18-11-9-16(22-23(18)27-31-26-22)10-12-21-29(14-13-25-20(30)15-24)17-7-5-6-8-19(17)32-21/h5-12H,3-4,13-15H2,1-2H3. The lowest BCUT2D eigenvalue weighted by Crippen LogP contribution is -2.37. The average molecular weight is 561 g/mol. The zero-order valence-electron chi connectivity index (χ0n) is 18.0. The number of aliphatic imine (C=N–C) groups is 1. The number of hydrogen-bond donors (Lipinski definition) is 0. The molecule has 0 aliphatic carbocycles. The van der Waals surface area contributed by atoms with Gasteiger partial charge in [-0.1, -0.05) is 52.1 Å². The van der Waals surface area contributed by atoms with Crippen molar-refractivity contribution in [2.75, 3.05) is 29.0 Å². The summed E-state index contributed by atoms with van der Waals surface area (Å²) in [6.07, 6.45) is 4.14. The van der Waals surface area contributed by atoms with Gasteiger partial charge < -0.3 is 10.0 Å². The Morgan fingerprint density at radius 2 is 1.94 bits per heavy atom. The van der Waals surface area contributed by atoms with Gasteiger partial charge in [0.25, 0.3) is 5.01 Å². The fourth-order valence-electron chi connectivity index (χ4n) is 3.71. The molecule has 4 aromatic rings. The quantitative estimate of drug-likeness (QED) is 0.102. The Morgan fingerprint density at radius 1 is 1.16 bits per heavy atom. The first-order valence-corrected chi connectivity index (χ1v) is 12.9. The smallest absolute Gasteiger partial charge is 0.262 e. The van der Waals surface area contributed by atoms with Crippen LogP contribution in [0.15, 0.2) is 46.0 Å². The predicted molar refractivity (Wildman–Crippen MR) is 138 cm³/mol. The Hall–Kier alpha value is -2.53. The molecule has 0 atom stereocenters. The number of para-hydroxylation sites is 1. The Morgan fingerprint density at radius 3 is 2.72 bits per heavy atom. The van der Waals surface area contributed by atoms with Gasteiger partial charge in [-0.3, -0.25) is 4.99 Å². The molecule has 0 bridgehead atoms. The minimum Gasteiger partial charge on any atom is -0.861 e. The first kappa shape index (κ1) is 22.7. The summed E-state index contributed by atoms with van der Waals surface area (Å²) in [7, 11) is 0. The molecule has 32 heavy (non-hydrogen) atoms. The van der Waals surface area contributed by atoms with Crippen molar-refractivity contribution in [3.05, 3.63) is 47.0 Å². The SMILES string of the molecule is CCN(CC)c1ccc(/C=C/c2sc3ccccc3[n+]2CCN=C([O-])CI)c2nonc12. The van der Waals surface area contributed by atoms with E-state index in [-0.39, 0.29) is 5.90 Å². The van der Waals surface area contributed by atoms with E-state index in [1.54, 1.807) is 11.3 Å². The molecule has 4 rings (SSSR count). The lowest BCUT2D eigenvalue weighted by atomic mass is 10.1. The maximum atomic E-state index is 11.6. The third kappa shape index (κ3) is 4.63. The molecule has 9 heteroatoms. The molecular formula is C23H24IN5O2S. The Balaban J connectivity index is 1.70. The third-order valence-corrected chi connectivity index (χ3v) is 7.08. The molecule has 166 valence electrons. The van der Waals surface area contributed by atoms with Crippen molar-refractivity contribution in [3.8, 4) is 0 Å². The normalized spacial score (nSPS) is 12.4. The number of halogens is 1. The van der Waals surface area contributed by atoms with Crippen LogP contribution in [0, 0.1) is 0 Å². The molecule has 0 unspecified atom stereocenters. The molecule has 2 aromatic heterocycles. The lowest BCUT2D eigenvalue weighted by Gasteiger charge is -2.20. The van der Waals surface area contributed by atoms with Gasteiger partial charge in [0, 0.05) is 35.2 Å². The van der Waals surface area contributed by atoms with Crippen LogP contribution in [0.2, 0.25) is 0 Å². The maximum absolute atomic E-state index is 11.6. The highest BCUT2D eigenvalue weighted by Crippen LogP contribution is 2.29. The number of alkyl halides is 1. The van der Waals surface area contributed by atoms with Crippen molar-refractivity contribution in [1.29, 1.82) is 0 Å². The highest BCUT2D eigenvalue weighted by Gasteiger charge is 2.19. The summed E-state index contributed by atoms with van der Waals surface area (Å²) < 4.78 is 8.90. The lowest BCUT2D eigenvalue weighted by molar-refractivity contribution is -0.666. The molecule has 2 heterocycles. The molecule has 0 saturated carbocycles. The van der Waals surface area contributed by atoms with Gasteiger partial charge in [0.15, 0.2) is 12.1 Å². The summed E-state index contributed by atoms with van der Waals surface area (Å²) in [5.41, 5.74) is 4.64. The average Bonchev–Trinajstić information content (AvgIpc) is 3.44. The van der Waals surface area contributed by atoms with Crippen LogP contribution in [0.25, 0.3) is 33.4 Å². The van der Waals surface area contributed by atoms with Crippen LogP contribution < -0.4 is 14.6 Å². The Bertz CT molecular complexity index is 1280. The summed E-state index contributed by atoms with van der Waals surface area (Å²) in [6.45, 7) is 7.13. The summed E-state index contributed by atoms with van der Waals surface area (Å²) in [6, 6.07) is 12.4. The Kier molecular flexibility index (Phi) is 7.36. The second kappa shape index (κ2) is 10.4. The summed E-state index contributed by atoms with van der Waals surface area (Å²) in [4.78, 5) is 6.37. The molecule has 2 aromatic carbocycles. The number of hydrogen-bond acceptors (Lipinski definition) is 7. The molecule has 7 nitrogen and oxygen atoms in total. The maximum Gasteiger partial charge on any atom is 0.262 e. The van der Waals surface area contributed by atoms with Crippen molar-refractivity contribution in [3.63, 3.8) is 0 Å². The van der Waals surface area contributed by atoms with Gasteiger partial charge in [0.1, 0.15) is 10.2 Å². The minimum absolute atomic E-state index is 0.0722. The van der Waals surface area contributed by atoms with Crippen molar-refractivity contribution in [2.24, 2.45) is 4.99 Å². The van der Waals surface area contributed by atoms with E-state index in [9.17, 15) is 5.11 Å². The minimum atomic E-state index is -0.0722. The van der Waals surface area contributed by atoms with Gasteiger partial charge >= 0.3 is 0 Å². The van der Waals surface area contributed by atoms with Gasteiger partial charge in [-0.05, 0) is 48.3 Å². The number of fused-ring (bicyclic) bond motifs is 2. The summed E-state index contributed by atoms with van der Waals surface area (Å²) >= 11 is 3.75. The number of rotatable bonds is 9. The number of anilines is 1. The first-order chi connectivity index (χ1) is 15.7. The topological polar surface area (TPSA) is 81.5 Å². The fourth-order valence-corrected chi connectivity index (χ4v) is 5.04. The van der Waals surface area contributed by atoms with Crippen molar-refractivity contribution >= 4 is 78.9 Å². The van der Waals surface area contributed by atoms with Crippen LogP contribution in [-0.4, -0.2) is 40.3 Å². The zero-order valence-corrected chi connectivity index (χ0v) is 21.0. The molecule has 0 N–H and O–H groups in total. The van der Waals surface area contributed by atoms with E-state index >= 15 is 0 Å². The largest absolute Gasteiger partial charge is 0.861 e. The number of aromatic nitrogens is 3. The van der Waals surface area contributed by atoms with Crippen LogP contribution in [0.3, 0.4) is 0 Å². The van der Waals surface area contributed by atoms with E-state index < -0.39 is 0 Å². The molecule has 0 amide bonds. The van der Waals surface area contributed by atoms with E-state index in [1.807, 2.05) is 40.8 Å². The molecular weight excluding hydrogens is 537 g/mol. The Labute approximate surface area is 204 Å². The molecule has 0 spiro atoms. The molecule has 0 saturated heterocycles.